The van der Waals surface area contributed by atoms with E-state index in [1.807, 2.05) is 13.0 Å². The van der Waals surface area contributed by atoms with Crippen molar-refractivity contribution in [2.75, 3.05) is 5.32 Å². The summed E-state index contributed by atoms with van der Waals surface area (Å²) in [5.41, 5.74) is 0.822. The Balaban J connectivity index is 2.15. The highest BCUT2D eigenvalue weighted by atomic mass is 32.1. The van der Waals surface area contributed by atoms with Gasteiger partial charge in [-0.2, -0.15) is 10.4 Å². The zero-order chi connectivity index (χ0) is 12.3. The van der Waals surface area contributed by atoms with Gasteiger partial charge in [-0.1, -0.05) is 0 Å². The Kier molecular flexibility index (Phi) is 3.21. The van der Waals surface area contributed by atoms with Crippen LogP contribution < -0.4 is 5.32 Å². The smallest absolute Gasteiger partial charge is 0.276 e. The molecule has 0 spiro atoms. The number of hydrogen-bond donors (Lipinski definition) is 1. The summed E-state index contributed by atoms with van der Waals surface area (Å²) in [6.07, 6.45) is 1.74. The van der Waals surface area contributed by atoms with Gasteiger partial charge in [0, 0.05) is 12.7 Å². The molecule has 0 fully saturated rings. The zero-order valence-electron chi connectivity index (χ0n) is 9.17. The lowest BCUT2D eigenvalue weighted by Gasteiger charge is -1.99. The van der Waals surface area contributed by atoms with Crippen LogP contribution in [0.25, 0.3) is 0 Å². The third-order valence-corrected chi connectivity index (χ3v) is 3.04. The third-order valence-electron chi connectivity index (χ3n) is 2.21. The molecule has 0 saturated carbocycles. The number of anilines is 1. The van der Waals surface area contributed by atoms with Gasteiger partial charge >= 0.3 is 0 Å². The zero-order valence-corrected chi connectivity index (χ0v) is 9.99. The SMILES string of the molecule is CCn1ccc(C(=O)Nc2sccc2C#N)n1. The van der Waals surface area contributed by atoms with Crippen molar-refractivity contribution in [3.63, 3.8) is 0 Å². The molecule has 5 nitrogen and oxygen atoms in total. The van der Waals surface area contributed by atoms with E-state index < -0.39 is 0 Å². The van der Waals surface area contributed by atoms with E-state index in [9.17, 15) is 4.79 Å². The number of aromatic nitrogens is 2. The lowest BCUT2D eigenvalue weighted by molar-refractivity contribution is 0.102. The van der Waals surface area contributed by atoms with Crippen LogP contribution >= 0.6 is 11.3 Å². The van der Waals surface area contributed by atoms with Crippen LogP contribution in [0.3, 0.4) is 0 Å². The Morgan fingerprint density at radius 1 is 1.65 bits per heavy atom. The minimum atomic E-state index is -0.295. The van der Waals surface area contributed by atoms with E-state index in [0.717, 1.165) is 6.54 Å². The van der Waals surface area contributed by atoms with Crippen LogP contribution in [0.15, 0.2) is 23.7 Å². The molecular weight excluding hydrogens is 236 g/mol. The van der Waals surface area contributed by atoms with Crippen LogP contribution in [0.1, 0.15) is 23.0 Å². The molecule has 86 valence electrons. The Hall–Kier alpha value is -2.13. The first-order valence-electron chi connectivity index (χ1n) is 5.07. The lowest BCUT2D eigenvalue weighted by atomic mass is 10.3. The molecule has 2 rings (SSSR count). The third kappa shape index (κ3) is 2.34. The summed E-state index contributed by atoms with van der Waals surface area (Å²) in [4.78, 5) is 11.8. The van der Waals surface area contributed by atoms with Crippen LogP contribution in [0.2, 0.25) is 0 Å². The van der Waals surface area contributed by atoms with Crippen molar-refractivity contribution >= 4 is 22.2 Å². The number of nitrogens with zero attached hydrogens (tertiary/aromatic N) is 3. The van der Waals surface area contributed by atoms with Gasteiger partial charge in [0.15, 0.2) is 5.69 Å². The molecule has 0 radical (unpaired) electrons. The second-order valence-electron chi connectivity index (χ2n) is 3.29. The number of aryl methyl sites for hydroxylation is 1. The van der Waals surface area contributed by atoms with Crippen LogP contribution in [-0.2, 0) is 6.54 Å². The predicted octanol–water partition coefficient (Wildman–Crippen LogP) is 2.09. The molecule has 17 heavy (non-hydrogen) atoms. The van der Waals surface area contributed by atoms with E-state index in [4.69, 9.17) is 5.26 Å². The Labute approximate surface area is 102 Å². The van der Waals surface area contributed by atoms with Crippen molar-refractivity contribution in [3.8, 4) is 6.07 Å². The molecule has 1 amide bonds. The molecule has 0 atom stereocenters. The fourth-order valence-electron chi connectivity index (χ4n) is 1.32. The predicted molar refractivity (Wildman–Crippen MR) is 64.9 cm³/mol. The van der Waals surface area contributed by atoms with Crippen LogP contribution in [0.5, 0.6) is 0 Å². The van der Waals surface area contributed by atoms with Crippen LogP contribution in [0.4, 0.5) is 5.00 Å². The molecule has 6 heteroatoms. The van der Waals surface area contributed by atoms with E-state index in [-0.39, 0.29) is 5.91 Å². The molecule has 0 bridgehead atoms. The molecule has 0 unspecified atom stereocenters. The molecule has 2 heterocycles. The van der Waals surface area contributed by atoms with E-state index in [1.54, 1.807) is 28.4 Å². The van der Waals surface area contributed by atoms with E-state index in [1.165, 1.54) is 11.3 Å². The van der Waals surface area contributed by atoms with E-state index in [0.29, 0.717) is 16.3 Å². The maximum Gasteiger partial charge on any atom is 0.276 e. The van der Waals surface area contributed by atoms with Crippen molar-refractivity contribution in [1.82, 2.24) is 9.78 Å². The first kappa shape index (κ1) is 11.4. The lowest BCUT2D eigenvalue weighted by Crippen LogP contribution is -2.13. The van der Waals surface area contributed by atoms with E-state index in [2.05, 4.69) is 10.4 Å². The average Bonchev–Trinajstić information content (AvgIpc) is 2.96. The van der Waals surface area contributed by atoms with Crippen LogP contribution in [0, 0.1) is 11.3 Å². The van der Waals surface area contributed by atoms with Crippen molar-refractivity contribution in [1.29, 1.82) is 5.26 Å². The minimum Gasteiger partial charge on any atom is -0.311 e. The van der Waals surface area contributed by atoms with Gasteiger partial charge in [-0.05, 0) is 24.4 Å². The second-order valence-corrected chi connectivity index (χ2v) is 4.20. The van der Waals surface area contributed by atoms with Crippen molar-refractivity contribution < 1.29 is 4.79 Å². The van der Waals surface area contributed by atoms with Gasteiger partial charge in [-0.15, -0.1) is 11.3 Å². The molecule has 2 aromatic heterocycles. The summed E-state index contributed by atoms with van der Waals surface area (Å²) < 4.78 is 1.68. The molecule has 0 aliphatic heterocycles. The van der Waals surface area contributed by atoms with Crippen molar-refractivity contribution in [3.05, 3.63) is 35.0 Å². The Bertz CT molecular complexity index is 578. The van der Waals surface area contributed by atoms with Gasteiger partial charge in [-0.25, -0.2) is 0 Å². The van der Waals surface area contributed by atoms with Crippen molar-refractivity contribution in [2.45, 2.75) is 13.5 Å². The van der Waals surface area contributed by atoms with Gasteiger partial charge in [0.05, 0.1) is 5.56 Å². The van der Waals surface area contributed by atoms with Crippen molar-refractivity contribution in [2.24, 2.45) is 0 Å². The summed E-state index contributed by atoms with van der Waals surface area (Å²) in [7, 11) is 0. The highest BCUT2D eigenvalue weighted by Crippen LogP contribution is 2.22. The number of nitriles is 1. The molecule has 0 aliphatic carbocycles. The number of carbonyl (C=O) groups excluding carboxylic acids is 1. The first-order chi connectivity index (χ1) is 8.24. The minimum absolute atomic E-state index is 0.295. The number of carbonyl (C=O) groups is 1. The summed E-state index contributed by atoms with van der Waals surface area (Å²) in [5.74, 6) is -0.295. The van der Waals surface area contributed by atoms with Gasteiger partial charge in [0.25, 0.3) is 5.91 Å². The highest BCUT2D eigenvalue weighted by molar-refractivity contribution is 7.14. The maximum atomic E-state index is 11.8. The highest BCUT2D eigenvalue weighted by Gasteiger charge is 2.12. The van der Waals surface area contributed by atoms with E-state index >= 15 is 0 Å². The summed E-state index contributed by atoms with van der Waals surface area (Å²) in [6.45, 7) is 2.66. The topological polar surface area (TPSA) is 70.7 Å². The van der Waals surface area contributed by atoms with Gasteiger partial charge in [0.2, 0.25) is 0 Å². The van der Waals surface area contributed by atoms with Gasteiger partial charge < -0.3 is 5.32 Å². The fraction of sp³-hybridized carbons (Fsp3) is 0.182. The van der Waals surface area contributed by atoms with Gasteiger partial charge in [0.1, 0.15) is 11.1 Å². The largest absolute Gasteiger partial charge is 0.311 e. The Morgan fingerprint density at radius 2 is 2.47 bits per heavy atom. The molecule has 2 aromatic rings. The molecule has 0 aliphatic rings. The Morgan fingerprint density at radius 3 is 3.12 bits per heavy atom. The first-order valence-corrected chi connectivity index (χ1v) is 5.95. The normalized spacial score (nSPS) is 9.88. The monoisotopic (exact) mass is 246 g/mol. The standard InChI is InChI=1S/C11H10N4OS/c1-2-15-5-3-9(14-15)10(16)13-11-8(7-12)4-6-17-11/h3-6H,2H2,1H3,(H,13,16). The summed E-state index contributed by atoms with van der Waals surface area (Å²) in [5, 5.41) is 17.9. The summed E-state index contributed by atoms with van der Waals surface area (Å²) >= 11 is 1.32. The maximum absolute atomic E-state index is 11.8. The number of rotatable bonds is 3. The van der Waals surface area contributed by atoms with Gasteiger partial charge in [-0.3, -0.25) is 9.48 Å². The number of thiophene rings is 1. The molecular formula is C11H10N4OS. The number of nitrogens with one attached hydrogen (secondary N) is 1. The van der Waals surface area contributed by atoms with Crippen LogP contribution in [-0.4, -0.2) is 15.7 Å². The summed E-state index contributed by atoms with van der Waals surface area (Å²) in [6, 6.07) is 5.34. The number of amides is 1. The molecule has 1 N–H and O–H groups in total. The average molecular weight is 246 g/mol. The quantitative estimate of drug-likeness (QED) is 0.901. The number of hydrogen-bond acceptors (Lipinski definition) is 4. The second kappa shape index (κ2) is 4.80. The molecule has 0 saturated heterocycles. The fourth-order valence-corrected chi connectivity index (χ4v) is 2.05. The molecule has 0 aromatic carbocycles.